The average molecular weight is 476 g/mol. The quantitative estimate of drug-likeness (QED) is 0.337. The van der Waals surface area contributed by atoms with Crippen molar-refractivity contribution in [1.29, 1.82) is 0 Å². The van der Waals surface area contributed by atoms with Crippen LogP contribution in [0.4, 0.5) is 11.4 Å². The monoisotopic (exact) mass is 475 g/mol. The lowest BCUT2D eigenvalue weighted by Gasteiger charge is -2.18. The number of benzene rings is 3. The van der Waals surface area contributed by atoms with E-state index in [-0.39, 0.29) is 11.8 Å². The molecule has 0 bridgehead atoms. The maximum atomic E-state index is 13.1. The summed E-state index contributed by atoms with van der Waals surface area (Å²) in [5.41, 5.74) is 7.69. The number of nitrogens with one attached hydrogen (secondary N) is 3. The first-order chi connectivity index (χ1) is 17.7. The third-order valence-corrected chi connectivity index (χ3v) is 6.66. The van der Waals surface area contributed by atoms with Gasteiger partial charge in [-0.15, -0.1) is 0 Å². The van der Waals surface area contributed by atoms with Crippen molar-refractivity contribution in [3.05, 3.63) is 102 Å². The second kappa shape index (κ2) is 9.19. The Hall–Kier alpha value is -4.65. The fraction of sp³-hybridized carbons (Fsp3) is 0.138. The van der Waals surface area contributed by atoms with Gasteiger partial charge >= 0.3 is 0 Å². The molecule has 3 N–H and O–H groups in total. The first kappa shape index (κ1) is 21.9. The van der Waals surface area contributed by atoms with Crippen molar-refractivity contribution in [3.63, 3.8) is 0 Å². The SMILES string of the molecule is O=C1Nc2ccccc2C1=C(Nc1ccc(-c2c[nH]cn2)cc1)c1ccc(CN2CCCC2=O)cc1. The van der Waals surface area contributed by atoms with Gasteiger partial charge in [0.25, 0.3) is 5.91 Å². The number of H-pyrrole nitrogens is 1. The molecule has 6 rings (SSSR count). The molecule has 178 valence electrons. The van der Waals surface area contributed by atoms with Gasteiger partial charge in [-0.2, -0.15) is 0 Å². The summed E-state index contributed by atoms with van der Waals surface area (Å²) in [6.45, 7) is 1.42. The summed E-state index contributed by atoms with van der Waals surface area (Å²) in [5.74, 6) is 0.0691. The molecular weight excluding hydrogens is 450 g/mol. The Labute approximate surface area is 208 Å². The molecule has 1 aromatic heterocycles. The van der Waals surface area contributed by atoms with E-state index >= 15 is 0 Å². The van der Waals surface area contributed by atoms with E-state index in [9.17, 15) is 9.59 Å². The van der Waals surface area contributed by atoms with Gasteiger partial charge in [-0.3, -0.25) is 9.59 Å². The maximum Gasteiger partial charge on any atom is 0.258 e. The molecule has 0 aliphatic carbocycles. The van der Waals surface area contributed by atoms with Crippen LogP contribution in [0.1, 0.15) is 29.5 Å². The van der Waals surface area contributed by atoms with Crippen molar-refractivity contribution < 1.29 is 9.59 Å². The van der Waals surface area contributed by atoms with Crippen molar-refractivity contribution >= 4 is 34.5 Å². The standard InChI is InChI=1S/C29H25N5O2/c35-26-6-3-15-34(26)17-19-7-9-21(10-8-19)28(27-23-4-1-2-5-24(23)33-29(27)36)32-22-13-11-20(12-14-22)25-16-30-18-31-25/h1-2,4-5,7-14,16,18,32H,3,6,15,17H2,(H,30,31)(H,33,36). The summed E-state index contributed by atoms with van der Waals surface area (Å²) < 4.78 is 0. The van der Waals surface area contributed by atoms with Crippen LogP contribution in [0.3, 0.4) is 0 Å². The summed E-state index contributed by atoms with van der Waals surface area (Å²) in [5, 5.41) is 6.49. The van der Waals surface area contributed by atoms with Gasteiger partial charge in [0.1, 0.15) is 0 Å². The van der Waals surface area contributed by atoms with E-state index < -0.39 is 0 Å². The minimum atomic E-state index is -0.140. The lowest BCUT2D eigenvalue weighted by atomic mass is 9.99. The molecule has 1 saturated heterocycles. The largest absolute Gasteiger partial charge is 0.354 e. The zero-order valence-corrected chi connectivity index (χ0v) is 19.6. The molecule has 0 saturated carbocycles. The van der Waals surface area contributed by atoms with Gasteiger partial charge in [0.2, 0.25) is 5.91 Å². The number of aromatic amines is 1. The van der Waals surface area contributed by atoms with Crippen LogP contribution >= 0.6 is 0 Å². The maximum absolute atomic E-state index is 13.1. The minimum absolute atomic E-state index is 0.140. The number of aromatic nitrogens is 2. The molecular formula is C29H25N5O2. The van der Waals surface area contributed by atoms with E-state index in [1.165, 1.54) is 0 Å². The number of carbonyl (C=O) groups is 2. The highest BCUT2D eigenvalue weighted by atomic mass is 16.2. The minimum Gasteiger partial charge on any atom is -0.354 e. The summed E-state index contributed by atoms with van der Waals surface area (Å²) in [6, 6.07) is 23.8. The highest BCUT2D eigenvalue weighted by Crippen LogP contribution is 2.37. The molecule has 36 heavy (non-hydrogen) atoms. The highest BCUT2D eigenvalue weighted by molar-refractivity contribution is 6.37. The number of fused-ring (bicyclic) bond motifs is 1. The summed E-state index contributed by atoms with van der Waals surface area (Å²) in [4.78, 5) is 34.3. The van der Waals surface area contributed by atoms with Gasteiger partial charge in [-0.25, -0.2) is 4.98 Å². The zero-order valence-electron chi connectivity index (χ0n) is 19.6. The topological polar surface area (TPSA) is 90.1 Å². The molecule has 0 radical (unpaired) electrons. The second-order valence-corrected chi connectivity index (χ2v) is 9.02. The fourth-order valence-electron chi connectivity index (χ4n) is 4.80. The number of rotatable bonds is 6. The average Bonchev–Trinajstić information content (AvgIpc) is 3.64. The number of amides is 2. The number of hydrogen-bond donors (Lipinski definition) is 3. The first-order valence-corrected chi connectivity index (χ1v) is 12.0. The van der Waals surface area contributed by atoms with Crippen molar-refractivity contribution in [2.75, 3.05) is 17.2 Å². The molecule has 0 spiro atoms. The number of para-hydroxylation sites is 1. The second-order valence-electron chi connectivity index (χ2n) is 9.02. The lowest BCUT2D eigenvalue weighted by Crippen LogP contribution is -2.23. The normalized spacial score (nSPS) is 16.2. The summed E-state index contributed by atoms with van der Waals surface area (Å²) in [7, 11) is 0. The zero-order chi connectivity index (χ0) is 24.5. The number of nitrogens with zero attached hydrogens (tertiary/aromatic N) is 2. The van der Waals surface area contributed by atoms with Crippen molar-refractivity contribution in [1.82, 2.24) is 14.9 Å². The van der Waals surface area contributed by atoms with E-state index in [2.05, 4.69) is 20.6 Å². The van der Waals surface area contributed by atoms with Crippen molar-refractivity contribution in [2.24, 2.45) is 0 Å². The number of hydrogen-bond acceptors (Lipinski definition) is 4. The van der Waals surface area contributed by atoms with Gasteiger partial charge in [-0.05, 0) is 35.7 Å². The van der Waals surface area contributed by atoms with Crippen LogP contribution in [0.15, 0.2) is 85.3 Å². The Bertz CT molecular complexity index is 1450. The molecule has 1 fully saturated rings. The smallest absolute Gasteiger partial charge is 0.258 e. The molecule has 0 atom stereocenters. The van der Waals surface area contributed by atoms with Gasteiger partial charge in [0, 0.05) is 48.2 Å². The Morgan fingerprint density at radius 3 is 2.50 bits per heavy atom. The van der Waals surface area contributed by atoms with Gasteiger partial charge in [-0.1, -0.05) is 54.6 Å². The Morgan fingerprint density at radius 1 is 0.972 bits per heavy atom. The third-order valence-electron chi connectivity index (χ3n) is 6.66. The van der Waals surface area contributed by atoms with Crippen LogP contribution in [0, 0.1) is 0 Å². The molecule has 2 aliphatic heterocycles. The van der Waals surface area contributed by atoms with E-state index in [1.807, 2.05) is 83.9 Å². The molecule has 2 aliphatic rings. The van der Waals surface area contributed by atoms with Gasteiger partial charge in [0.15, 0.2) is 0 Å². The van der Waals surface area contributed by atoms with Gasteiger partial charge in [0.05, 0.1) is 23.3 Å². The predicted molar refractivity (Wildman–Crippen MR) is 141 cm³/mol. The Balaban J connectivity index is 1.36. The van der Waals surface area contributed by atoms with Gasteiger partial charge < -0.3 is 20.5 Å². The molecule has 3 aromatic carbocycles. The third kappa shape index (κ3) is 4.15. The van der Waals surface area contributed by atoms with Crippen molar-refractivity contribution in [3.8, 4) is 11.3 Å². The van der Waals surface area contributed by atoms with E-state index in [1.54, 1.807) is 6.33 Å². The number of likely N-dealkylation sites (tertiary alicyclic amines) is 1. The first-order valence-electron chi connectivity index (χ1n) is 12.0. The highest BCUT2D eigenvalue weighted by Gasteiger charge is 2.28. The van der Waals surface area contributed by atoms with Crippen LogP contribution in [0.2, 0.25) is 0 Å². The van der Waals surface area contributed by atoms with Crippen LogP contribution in [0.5, 0.6) is 0 Å². The lowest BCUT2D eigenvalue weighted by molar-refractivity contribution is -0.128. The van der Waals surface area contributed by atoms with E-state index in [4.69, 9.17) is 0 Å². The Kier molecular flexibility index (Phi) is 5.58. The molecule has 3 heterocycles. The van der Waals surface area contributed by atoms with Crippen LogP contribution < -0.4 is 10.6 Å². The number of anilines is 2. The molecule has 7 heteroatoms. The van der Waals surface area contributed by atoms with E-state index in [0.29, 0.717) is 18.5 Å². The summed E-state index contributed by atoms with van der Waals surface area (Å²) in [6.07, 6.45) is 5.06. The number of carbonyl (C=O) groups excluding carboxylic acids is 2. The molecule has 2 amide bonds. The van der Waals surface area contributed by atoms with Crippen LogP contribution in [0.25, 0.3) is 22.5 Å². The molecule has 7 nitrogen and oxygen atoms in total. The van der Waals surface area contributed by atoms with Crippen LogP contribution in [-0.2, 0) is 16.1 Å². The predicted octanol–water partition coefficient (Wildman–Crippen LogP) is 5.13. The van der Waals surface area contributed by atoms with Crippen LogP contribution in [-0.4, -0.2) is 33.2 Å². The fourth-order valence-corrected chi connectivity index (χ4v) is 4.80. The van der Waals surface area contributed by atoms with Crippen molar-refractivity contribution in [2.45, 2.75) is 19.4 Å². The number of imidazole rings is 1. The molecule has 4 aromatic rings. The Morgan fingerprint density at radius 2 is 1.78 bits per heavy atom. The summed E-state index contributed by atoms with van der Waals surface area (Å²) >= 11 is 0. The molecule has 0 unspecified atom stereocenters. The van der Waals surface area contributed by atoms with E-state index in [0.717, 1.165) is 58.0 Å².